The average Bonchev–Trinajstić information content (AvgIpc) is 2.70. The van der Waals surface area contributed by atoms with Gasteiger partial charge in [0.2, 0.25) is 0 Å². The van der Waals surface area contributed by atoms with Gasteiger partial charge in [-0.15, -0.1) is 0 Å². The van der Waals surface area contributed by atoms with Crippen LogP contribution >= 0.6 is 0 Å². The van der Waals surface area contributed by atoms with E-state index in [1.165, 1.54) is 0 Å². The van der Waals surface area contributed by atoms with Crippen LogP contribution in [-0.4, -0.2) is 6.04 Å². The Hall–Kier alpha value is -1.70. The molecule has 2 rings (SSSR count). The Morgan fingerprint density at radius 1 is 1.18 bits per heavy atom. The fraction of sp³-hybridized carbons (Fsp3) is 0.417. The van der Waals surface area contributed by atoms with Crippen molar-refractivity contribution >= 4 is 5.69 Å². The number of halogens is 3. The summed E-state index contributed by atoms with van der Waals surface area (Å²) in [5.74, 6) is -3.13. The standard InChI is InChI=1S/C12H11F3N2/c13-8-4-9(14)12(10(15)5-8)17-11-3-1-2-7(11)6-16/h4-5,7,11,17H,1-3H2. The van der Waals surface area contributed by atoms with Crippen LogP contribution in [0.1, 0.15) is 19.3 Å². The smallest absolute Gasteiger partial charge is 0.152 e. The second kappa shape index (κ2) is 4.66. The third-order valence-corrected chi connectivity index (χ3v) is 3.02. The van der Waals surface area contributed by atoms with Gasteiger partial charge >= 0.3 is 0 Å². The van der Waals surface area contributed by atoms with Gasteiger partial charge in [-0.1, -0.05) is 0 Å². The average molecular weight is 240 g/mol. The van der Waals surface area contributed by atoms with Crippen molar-refractivity contribution < 1.29 is 13.2 Å². The van der Waals surface area contributed by atoms with E-state index >= 15 is 0 Å². The molecule has 0 aliphatic heterocycles. The van der Waals surface area contributed by atoms with E-state index in [9.17, 15) is 13.2 Å². The van der Waals surface area contributed by atoms with E-state index in [0.29, 0.717) is 18.6 Å². The number of hydrogen-bond acceptors (Lipinski definition) is 2. The first-order valence-electron chi connectivity index (χ1n) is 5.42. The lowest BCUT2D eigenvalue weighted by Gasteiger charge is -2.18. The van der Waals surface area contributed by atoms with Gasteiger partial charge in [0, 0.05) is 18.2 Å². The van der Waals surface area contributed by atoms with Gasteiger partial charge in [-0.2, -0.15) is 5.26 Å². The minimum atomic E-state index is -0.967. The zero-order valence-electron chi connectivity index (χ0n) is 9.01. The molecule has 90 valence electrons. The summed E-state index contributed by atoms with van der Waals surface area (Å²) in [5.41, 5.74) is -0.349. The van der Waals surface area contributed by atoms with Crippen molar-refractivity contribution in [1.29, 1.82) is 5.26 Å². The largest absolute Gasteiger partial charge is 0.376 e. The van der Waals surface area contributed by atoms with Crippen LogP contribution < -0.4 is 5.32 Å². The molecular weight excluding hydrogens is 229 g/mol. The molecule has 0 saturated heterocycles. The number of rotatable bonds is 2. The number of nitrogens with zero attached hydrogens (tertiary/aromatic N) is 1. The first-order valence-corrected chi connectivity index (χ1v) is 5.42. The van der Waals surface area contributed by atoms with E-state index in [2.05, 4.69) is 11.4 Å². The van der Waals surface area contributed by atoms with Gasteiger partial charge in [0.25, 0.3) is 0 Å². The SMILES string of the molecule is N#CC1CCCC1Nc1c(F)cc(F)cc1F. The molecule has 1 aromatic carbocycles. The Morgan fingerprint density at radius 2 is 1.82 bits per heavy atom. The Balaban J connectivity index is 2.22. The Bertz CT molecular complexity index is 444. The topological polar surface area (TPSA) is 35.8 Å². The fourth-order valence-electron chi connectivity index (χ4n) is 2.15. The zero-order valence-corrected chi connectivity index (χ0v) is 9.01. The van der Waals surface area contributed by atoms with Gasteiger partial charge in [0.1, 0.15) is 11.5 Å². The zero-order chi connectivity index (χ0) is 12.4. The Morgan fingerprint density at radius 3 is 2.41 bits per heavy atom. The van der Waals surface area contributed by atoms with E-state index in [0.717, 1.165) is 12.8 Å². The molecule has 1 fully saturated rings. The molecule has 17 heavy (non-hydrogen) atoms. The van der Waals surface area contributed by atoms with Crippen molar-refractivity contribution in [3.05, 3.63) is 29.6 Å². The van der Waals surface area contributed by atoms with Gasteiger partial charge in [-0.05, 0) is 19.3 Å². The summed E-state index contributed by atoms with van der Waals surface area (Å²) < 4.78 is 39.4. The van der Waals surface area contributed by atoms with E-state index in [1.54, 1.807) is 0 Å². The highest BCUT2D eigenvalue weighted by molar-refractivity contribution is 5.47. The predicted octanol–water partition coefficient (Wildman–Crippen LogP) is 3.21. The summed E-state index contributed by atoms with van der Waals surface area (Å²) in [4.78, 5) is 0. The molecule has 1 N–H and O–H groups in total. The van der Waals surface area contributed by atoms with Crippen LogP contribution in [0.4, 0.5) is 18.9 Å². The van der Waals surface area contributed by atoms with Crippen molar-refractivity contribution in [2.75, 3.05) is 5.32 Å². The normalized spacial score (nSPS) is 23.4. The molecule has 0 radical (unpaired) electrons. The van der Waals surface area contributed by atoms with Crippen LogP contribution in [0.25, 0.3) is 0 Å². The summed E-state index contributed by atoms with van der Waals surface area (Å²) in [7, 11) is 0. The fourth-order valence-corrected chi connectivity index (χ4v) is 2.15. The van der Waals surface area contributed by atoms with Gasteiger partial charge in [0.15, 0.2) is 11.6 Å². The molecule has 1 aliphatic carbocycles. The van der Waals surface area contributed by atoms with Crippen LogP contribution in [0.5, 0.6) is 0 Å². The molecule has 1 saturated carbocycles. The van der Waals surface area contributed by atoms with Crippen molar-refractivity contribution in [3.63, 3.8) is 0 Å². The van der Waals surface area contributed by atoms with Crippen LogP contribution in [0.3, 0.4) is 0 Å². The molecule has 0 spiro atoms. The minimum Gasteiger partial charge on any atom is -0.376 e. The molecule has 2 nitrogen and oxygen atoms in total. The molecule has 1 aromatic rings. The van der Waals surface area contributed by atoms with E-state index in [1.807, 2.05) is 0 Å². The molecule has 0 heterocycles. The highest BCUT2D eigenvalue weighted by Crippen LogP contribution is 2.30. The molecule has 2 unspecified atom stereocenters. The summed E-state index contributed by atoms with van der Waals surface area (Å²) in [6.45, 7) is 0. The van der Waals surface area contributed by atoms with Gasteiger partial charge in [0.05, 0.1) is 12.0 Å². The summed E-state index contributed by atoms with van der Waals surface area (Å²) >= 11 is 0. The van der Waals surface area contributed by atoms with Gasteiger partial charge in [-0.25, -0.2) is 13.2 Å². The van der Waals surface area contributed by atoms with Crippen molar-refractivity contribution in [2.24, 2.45) is 5.92 Å². The molecular formula is C12H11F3N2. The quantitative estimate of drug-likeness (QED) is 0.861. The first-order chi connectivity index (χ1) is 8.11. The minimum absolute atomic E-state index is 0.251. The monoisotopic (exact) mass is 240 g/mol. The lowest BCUT2D eigenvalue weighted by atomic mass is 10.1. The number of hydrogen-bond donors (Lipinski definition) is 1. The third kappa shape index (κ3) is 2.36. The number of nitrogens with one attached hydrogen (secondary N) is 1. The molecule has 5 heteroatoms. The molecule has 0 bridgehead atoms. The number of anilines is 1. The van der Waals surface area contributed by atoms with Gasteiger partial charge in [-0.3, -0.25) is 0 Å². The van der Waals surface area contributed by atoms with E-state index in [4.69, 9.17) is 5.26 Å². The number of nitriles is 1. The van der Waals surface area contributed by atoms with E-state index < -0.39 is 17.5 Å². The van der Waals surface area contributed by atoms with Crippen LogP contribution in [0.15, 0.2) is 12.1 Å². The number of benzene rings is 1. The lowest BCUT2D eigenvalue weighted by molar-refractivity contribution is 0.538. The third-order valence-electron chi connectivity index (χ3n) is 3.02. The second-order valence-corrected chi connectivity index (χ2v) is 4.16. The first kappa shape index (κ1) is 11.8. The lowest BCUT2D eigenvalue weighted by Crippen LogP contribution is -2.24. The summed E-state index contributed by atoms with van der Waals surface area (Å²) in [6.07, 6.45) is 2.26. The summed E-state index contributed by atoms with van der Waals surface area (Å²) in [5, 5.41) is 11.5. The maximum absolute atomic E-state index is 13.4. The Labute approximate surface area is 97.1 Å². The Kier molecular flexibility index (Phi) is 3.23. The van der Waals surface area contributed by atoms with Crippen molar-refractivity contribution in [3.8, 4) is 6.07 Å². The van der Waals surface area contributed by atoms with Crippen molar-refractivity contribution in [2.45, 2.75) is 25.3 Å². The van der Waals surface area contributed by atoms with Crippen LogP contribution in [0.2, 0.25) is 0 Å². The van der Waals surface area contributed by atoms with Crippen LogP contribution in [-0.2, 0) is 0 Å². The molecule has 0 aromatic heterocycles. The maximum Gasteiger partial charge on any atom is 0.152 e. The second-order valence-electron chi connectivity index (χ2n) is 4.16. The van der Waals surface area contributed by atoms with Crippen LogP contribution in [0, 0.1) is 34.7 Å². The molecule has 0 amide bonds. The van der Waals surface area contributed by atoms with E-state index in [-0.39, 0.29) is 17.6 Å². The molecule has 2 atom stereocenters. The highest BCUT2D eigenvalue weighted by atomic mass is 19.1. The van der Waals surface area contributed by atoms with Crippen molar-refractivity contribution in [1.82, 2.24) is 0 Å². The summed E-state index contributed by atoms with van der Waals surface area (Å²) in [6, 6.07) is 3.09. The maximum atomic E-state index is 13.4. The molecule has 1 aliphatic rings. The van der Waals surface area contributed by atoms with Gasteiger partial charge < -0.3 is 5.32 Å². The highest BCUT2D eigenvalue weighted by Gasteiger charge is 2.28. The predicted molar refractivity (Wildman–Crippen MR) is 56.7 cm³/mol.